The smallest absolute Gasteiger partial charge is 0.306 e. The van der Waals surface area contributed by atoms with Crippen molar-refractivity contribution in [1.29, 1.82) is 0 Å². The molecule has 0 aromatic rings. The van der Waals surface area contributed by atoms with Crippen LogP contribution in [0.2, 0.25) is 0 Å². The number of rotatable bonds is 48. The van der Waals surface area contributed by atoms with E-state index in [0.717, 1.165) is 77.0 Å². The Labute approximate surface area is 378 Å². The van der Waals surface area contributed by atoms with Crippen molar-refractivity contribution in [3.05, 3.63) is 36.5 Å². The highest BCUT2D eigenvalue weighted by atomic mass is 16.6. The number of unbranched alkanes of at least 4 members (excludes halogenated alkanes) is 32. The monoisotopic (exact) mass is 857 g/mol. The normalized spacial score (nSPS) is 12.2. The molecule has 356 valence electrons. The number of hydrogen-bond donors (Lipinski definition) is 0. The van der Waals surface area contributed by atoms with Gasteiger partial charge in [0.25, 0.3) is 0 Å². The number of ether oxygens (including phenoxy) is 3. The Balaban J connectivity index is 4.34. The summed E-state index contributed by atoms with van der Waals surface area (Å²) < 4.78 is 16.7. The van der Waals surface area contributed by atoms with E-state index in [2.05, 4.69) is 57.2 Å². The van der Waals surface area contributed by atoms with Crippen molar-refractivity contribution < 1.29 is 28.6 Å². The quantitative estimate of drug-likeness (QED) is 0.0199. The van der Waals surface area contributed by atoms with E-state index < -0.39 is 6.10 Å². The standard InChI is InChI=1S/C55H100O6/c1-4-7-10-13-16-19-21-23-25-27-28-30-31-33-36-39-42-45-48-54(57)60-51-52(50-59-53(56)47-44-41-38-35-18-15-12-9-6-3)61-55(58)49-46-43-40-37-34-32-29-26-24-22-20-17-14-11-8-5-2/h26,28-30,32,34,52H,4-25,27,31,33,35-51H2,1-3H3/b29-26-,30-28-,34-32-. The van der Waals surface area contributed by atoms with Crippen LogP contribution in [0.25, 0.3) is 0 Å². The minimum absolute atomic E-state index is 0.0831. The summed E-state index contributed by atoms with van der Waals surface area (Å²) in [5.74, 6) is -0.911. The van der Waals surface area contributed by atoms with Gasteiger partial charge < -0.3 is 14.2 Å². The van der Waals surface area contributed by atoms with Crippen LogP contribution in [0, 0.1) is 0 Å². The van der Waals surface area contributed by atoms with Crippen LogP contribution in [0.4, 0.5) is 0 Å². The van der Waals surface area contributed by atoms with E-state index in [1.165, 1.54) is 161 Å². The van der Waals surface area contributed by atoms with E-state index in [-0.39, 0.29) is 31.1 Å². The van der Waals surface area contributed by atoms with Crippen LogP contribution in [0.15, 0.2) is 36.5 Å². The predicted molar refractivity (Wildman–Crippen MR) is 261 cm³/mol. The molecule has 0 aliphatic rings. The summed E-state index contributed by atoms with van der Waals surface area (Å²) >= 11 is 0. The molecule has 6 nitrogen and oxygen atoms in total. The molecule has 0 spiro atoms. The fraction of sp³-hybridized carbons (Fsp3) is 0.836. The second-order valence-corrected chi connectivity index (χ2v) is 17.8. The minimum atomic E-state index is -0.785. The second-order valence-electron chi connectivity index (χ2n) is 17.8. The third-order valence-corrected chi connectivity index (χ3v) is 11.6. The van der Waals surface area contributed by atoms with Crippen LogP contribution >= 0.6 is 0 Å². The van der Waals surface area contributed by atoms with Gasteiger partial charge in [-0.1, -0.05) is 224 Å². The second kappa shape index (κ2) is 50.3. The highest BCUT2D eigenvalue weighted by molar-refractivity contribution is 5.71. The molecule has 0 saturated carbocycles. The highest BCUT2D eigenvalue weighted by Gasteiger charge is 2.19. The molecule has 0 rings (SSSR count). The predicted octanol–water partition coefficient (Wildman–Crippen LogP) is 17.3. The van der Waals surface area contributed by atoms with Gasteiger partial charge in [0.1, 0.15) is 13.2 Å². The first-order chi connectivity index (χ1) is 30.0. The maximum absolute atomic E-state index is 12.8. The lowest BCUT2D eigenvalue weighted by Crippen LogP contribution is -2.30. The van der Waals surface area contributed by atoms with Gasteiger partial charge in [-0.3, -0.25) is 14.4 Å². The Morgan fingerprint density at radius 3 is 0.934 bits per heavy atom. The van der Waals surface area contributed by atoms with Crippen LogP contribution in [0.3, 0.4) is 0 Å². The molecule has 1 atom stereocenters. The molecule has 61 heavy (non-hydrogen) atoms. The molecule has 1 unspecified atom stereocenters. The SMILES string of the molecule is CCCCCCCCC/C=C\C=C/CCCCCC(=O)OC(COC(=O)CCCCCCC/C=C\CCCCCCCCCCC)COC(=O)CCCCCCCCCCC. The number of carbonyl (C=O) groups is 3. The Morgan fingerprint density at radius 2 is 0.590 bits per heavy atom. The van der Waals surface area contributed by atoms with Gasteiger partial charge >= 0.3 is 17.9 Å². The third kappa shape index (κ3) is 48.5. The molecule has 0 aromatic heterocycles. The summed E-state index contributed by atoms with van der Waals surface area (Å²) in [5, 5.41) is 0. The van der Waals surface area contributed by atoms with Crippen LogP contribution < -0.4 is 0 Å². The van der Waals surface area contributed by atoms with Gasteiger partial charge in [-0.2, -0.15) is 0 Å². The number of esters is 3. The lowest BCUT2D eigenvalue weighted by Gasteiger charge is -2.18. The molecule has 0 aliphatic carbocycles. The Bertz CT molecular complexity index is 1030. The van der Waals surface area contributed by atoms with Crippen LogP contribution in [0.1, 0.15) is 278 Å². The molecule has 0 aliphatic heterocycles. The Morgan fingerprint density at radius 1 is 0.328 bits per heavy atom. The third-order valence-electron chi connectivity index (χ3n) is 11.6. The van der Waals surface area contributed by atoms with E-state index in [4.69, 9.17) is 14.2 Å². The molecule has 0 amide bonds. The summed E-state index contributed by atoms with van der Waals surface area (Å²) in [6.07, 6.45) is 58.5. The zero-order valence-corrected chi connectivity index (χ0v) is 40.7. The van der Waals surface area contributed by atoms with E-state index in [0.29, 0.717) is 19.3 Å². The van der Waals surface area contributed by atoms with Crippen LogP contribution in [-0.4, -0.2) is 37.2 Å². The number of carbonyl (C=O) groups excluding carboxylic acids is 3. The summed E-state index contributed by atoms with van der Waals surface area (Å²) in [4.78, 5) is 37.9. The molecule has 0 heterocycles. The molecule has 6 heteroatoms. The Hall–Kier alpha value is -2.37. The van der Waals surface area contributed by atoms with E-state index >= 15 is 0 Å². The van der Waals surface area contributed by atoms with Gasteiger partial charge in [0.15, 0.2) is 6.10 Å². The maximum atomic E-state index is 12.8. The Kier molecular flexibility index (Phi) is 48.3. The first-order valence-corrected chi connectivity index (χ1v) is 26.5. The summed E-state index contributed by atoms with van der Waals surface area (Å²) in [5.41, 5.74) is 0. The van der Waals surface area contributed by atoms with Gasteiger partial charge in [-0.25, -0.2) is 0 Å². The minimum Gasteiger partial charge on any atom is -0.462 e. The van der Waals surface area contributed by atoms with Crippen molar-refractivity contribution in [1.82, 2.24) is 0 Å². The highest BCUT2D eigenvalue weighted by Crippen LogP contribution is 2.15. The van der Waals surface area contributed by atoms with E-state index in [1.807, 2.05) is 0 Å². The van der Waals surface area contributed by atoms with Gasteiger partial charge in [0.05, 0.1) is 0 Å². The topological polar surface area (TPSA) is 78.9 Å². The average molecular weight is 857 g/mol. The van der Waals surface area contributed by atoms with Gasteiger partial charge in [0.2, 0.25) is 0 Å². The van der Waals surface area contributed by atoms with Crippen LogP contribution in [-0.2, 0) is 28.6 Å². The van der Waals surface area contributed by atoms with E-state index in [9.17, 15) is 14.4 Å². The van der Waals surface area contributed by atoms with Crippen molar-refractivity contribution in [2.75, 3.05) is 13.2 Å². The molecule has 0 aromatic carbocycles. The first kappa shape index (κ1) is 58.6. The van der Waals surface area contributed by atoms with Crippen molar-refractivity contribution >= 4 is 17.9 Å². The van der Waals surface area contributed by atoms with Crippen molar-refractivity contribution in [3.8, 4) is 0 Å². The number of allylic oxidation sites excluding steroid dienone is 6. The molecular formula is C55H100O6. The zero-order chi connectivity index (χ0) is 44.4. The van der Waals surface area contributed by atoms with Gasteiger partial charge in [-0.15, -0.1) is 0 Å². The molecule has 0 bridgehead atoms. The summed E-state index contributed by atoms with van der Waals surface area (Å²) in [6.45, 7) is 6.60. The molecule has 0 radical (unpaired) electrons. The number of hydrogen-bond acceptors (Lipinski definition) is 6. The van der Waals surface area contributed by atoms with Crippen LogP contribution in [0.5, 0.6) is 0 Å². The molecule has 0 N–H and O–H groups in total. The zero-order valence-electron chi connectivity index (χ0n) is 40.7. The summed E-state index contributed by atoms with van der Waals surface area (Å²) in [7, 11) is 0. The van der Waals surface area contributed by atoms with E-state index in [1.54, 1.807) is 0 Å². The molecule has 0 fully saturated rings. The summed E-state index contributed by atoms with van der Waals surface area (Å²) in [6, 6.07) is 0. The largest absolute Gasteiger partial charge is 0.462 e. The van der Waals surface area contributed by atoms with Gasteiger partial charge in [0, 0.05) is 19.3 Å². The maximum Gasteiger partial charge on any atom is 0.306 e. The lowest BCUT2D eigenvalue weighted by molar-refractivity contribution is -0.167. The molecule has 0 saturated heterocycles. The van der Waals surface area contributed by atoms with Gasteiger partial charge in [-0.05, 0) is 70.6 Å². The molecular weight excluding hydrogens is 757 g/mol. The fourth-order valence-electron chi connectivity index (χ4n) is 7.60. The van der Waals surface area contributed by atoms with Crippen molar-refractivity contribution in [2.45, 2.75) is 284 Å². The fourth-order valence-corrected chi connectivity index (χ4v) is 7.60. The lowest BCUT2D eigenvalue weighted by atomic mass is 10.1. The van der Waals surface area contributed by atoms with Crippen molar-refractivity contribution in [3.63, 3.8) is 0 Å². The first-order valence-electron chi connectivity index (χ1n) is 26.5. The average Bonchev–Trinajstić information content (AvgIpc) is 3.26. The van der Waals surface area contributed by atoms with Crippen molar-refractivity contribution in [2.24, 2.45) is 0 Å².